The lowest BCUT2D eigenvalue weighted by Crippen LogP contribution is -2.26. The molecule has 21 heavy (non-hydrogen) atoms. The molecular weight excluding hydrogens is 274 g/mol. The fraction of sp³-hybridized carbons (Fsp3) is 0.467. The molecule has 0 radical (unpaired) electrons. The zero-order valence-electron chi connectivity index (χ0n) is 12.6. The highest BCUT2D eigenvalue weighted by molar-refractivity contribution is 5.94. The summed E-state index contributed by atoms with van der Waals surface area (Å²) in [7, 11) is 4.76. The second-order valence-electron chi connectivity index (χ2n) is 4.59. The Labute approximate surface area is 124 Å². The monoisotopic (exact) mass is 295 g/mol. The number of amides is 1. The van der Waals surface area contributed by atoms with Gasteiger partial charge in [-0.05, 0) is 25.0 Å². The van der Waals surface area contributed by atoms with E-state index in [4.69, 9.17) is 14.6 Å². The fourth-order valence-corrected chi connectivity index (χ4v) is 1.92. The van der Waals surface area contributed by atoms with E-state index in [2.05, 4.69) is 0 Å². The lowest BCUT2D eigenvalue weighted by atomic mass is 10.1. The Hall–Kier alpha value is -2.24. The largest absolute Gasteiger partial charge is 0.497 e. The molecule has 1 aromatic rings. The predicted molar refractivity (Wildman–Crippen MR) is 79.1 cm³/mol. The molecule has 1 aromatic carbocycles. The Kier molecular flexibility index (Phi) is 6.52. The van der Waals surface area contributed by atoms with Crippen LogP contribution < -0.4 is 14.4 Å². The summed E-state index contributed by atoms with van der Waals surface area (Å²) in [5.74, 6) is 0.283. The van der Waals surface area contributed by atoms with Crippen molar-refractivity contribution in [1.29, 1.82) is 0 Å². The summed E-state index contributed by atoms with van der Waals surface area (Å²) in [5.41, 5.74) is 0.654. The lowest BCUT2D eigenvalue weighted by Gasteiger charge is -2.20. The molecule has 6 nitrogen and oxygen atoms in total. The smallest absolute Gasteiger partial charge is 0.303 e. The number of carboxylic acid groups (broad SMARTS) is 1. The summed E-state index contributed by atoms with van der Waals surface area (Å²) >= 11 is 0. The Bertz CT molecular complexity index is 501. The molecule has 0 aliphatic rings. The van der Waals surface area contributed by atoms with Crippen LogP contribution in [0.3, 0.4) is 0 Å². The second kappa shape index (κ2) is 8.14. The number of benzene rings is 1. The Morgan fingerprint density at radius 1 is 1.14 bits per heavy atom. The van der Waals surface area contributed by atoms with Crippen LogP contribution in [-0.4, -0.2) is 38.3 Å². The molecule has 1 amide bonds. The summed E-state index contributed by atoms with van der Waals surface area (Å²) in [6.07, 6.45) is 1.43. The fourth-order valence-electron chi connectivity index (χ4n) is 1.92. The van der Waals surface area contributed by atoms with Gasteiger partial charge in [-0.2, -0.15) is 0 Å². The van der Waals surface area contributed by atoms with E-state index in [1.54, 1.807) is 32.4 Å². The van der Waals surface area contributed by atoms with Crippen LogP contribution in [0.15, 0.2) is 18.2 Å². The molecule has 0 atom stereocenters. The highest BCUT2D eigenvalue weighted by Crippen LogP contribution is 2.31. The molecule has 116 valence electrons. The van der Waals surface area contributed by atoms with Gasteiger partial charge in [-0.3, -0.25) is 9.59 Å². The maximum absolute atomic E-state index is 12.1. The quantitative estimate of drug-likeness (QED) is 0.745. The molecule has 0 aliphatic heterocycles. The third kappa shape index (κ3) is 4.98. The normalized spacial score (nSPS) is 10.0. The predicted octanol–water partition coefficient (Wildman–Crippen LogP) is 2.31. The van der Waals surface area contributed by atoms with Gasteiger partial charge in [-0.1, -0.05) is 0 Å². The van der Waals surface area contributed by atoms with E-state index in [-0.39, 0.29) is 12.3 Å². The highest BCUT2D eigenvalue weighted by Gasteiger charge is 2.15. The molecule has 0 spiro atoms. The average molecular weight is 295 g/mol. The van der Waals surface area contributed by atoms with Crippen LogP contribution >= 0.6 is 0 Å². The summed E-state index contributed by atoms with van der Waals surface area (Å²) in [6, 6.07) is 5.22. The molecule has 6 heteroatoms. The van der Waals surface area contributed by atoms with E-state index in [1.165, 1.54) is 12.0 Å². The van der Waals surface area contributed by atoms with E-state index in [0.29, 0.717) is 36.4 Å². The van der Waals surface area contributed by atoms with Crippen molar-refractivity contribution >= 4 is 17.6 Å². The van der Waals surface area contributed by atoms with Gasteiger partial charge in [0.15, 0.2) is 0 Å². The summed E-state index contributed by atoms with van der Waals surface area (Å²) in [4.78, 5) is 24.0. The van der Waals surface area contributed by atoms with Gasteiger partial charge in [0, 0.05) is 26.0 Å². The summed E-state index contributed by atoms with van der Waals surface area (Å²) in [6.45, 7) is 0. The Morgan fingerprint density at radius 2 is 1.81 bits per heavy atom. The lowest BCUT2D eigenvalue weighted by molar-refractivity contribution is -0.137. The van der Waals surface area contributed by atoms with Gasteiger partial charge in [-0.15, -0.1) is 0 Å². The number of methoxy groups -OCH3 is 2. The van der Waals surface area contributed by atoms with Gasteiger partial charge in [0.25, 0.3) is 0 Å². The molecule has 0 aromatic heterocycles. The van der Waals surface area contributed by atoms with E-state index < -0.39 is 5.97 Å². The minimum atomic E-state index is -0.840. The molecular formula is C15H21NO5. The zero-order chi connectivity index (χ0) is 15.8. The molecule has 0 unspecified atom stereocenters. The third-order valence-electron chi connectivity index (χ3n) is 3.15. The van der Waals surface area contributed by atoms with Crippen LogP contribution in [0, 0.1) is 0 Å². The molecule has 1 rings (SSSR count). The molecule has 0 heterocycles. The van der Waals surface area contributed by atoms with Crippen LogP contribution in [-0.2, 0) is 9.59 Å². The van der Waals surface area contributed by atoms with Crippen molar-refractivity contribution in [3.05, 3.63) is 18.2 Å². The minimum Gasteiger partial charge on any atom is -0.497 e. The van der Waals surface area contributed by atoms with Crippen molar-refractivity contribution in [3.8, 4) is 11.5 Å². The maximum atomic E-state index is 12.1. The van der Waals surface area contributed by atoms with Crippen molar-refractivity contribution in [2.75, 3.05) is 26.2 Å². The molecule has 0 aliphatic carbocycles. The van der Waals surface area contributed by atoms with Crippen LogP contribution in [0.4, 0.5) is 5.69 Å². The molecule has 0 saturated carbocycles. The number of rotatable bonds is 8. The van der Waals surface area contributed by atoms with Crippen LogP contribution in [0.2, 0.25) is 0 Å². The standard InChI is InChI=1S/C15H21NO5/c1-16(14(17)6-4-5-7-15(18)19)12-9-8-11(20-2)10-13(12)21-3/h8-10H,4-7H2,1-3H3,(H,18,19). The van der Waals surface area contributed by atoms with E-state index in [0.717, 1.165) is 0 Å². The topological polar surface area (TPSA) is 76.1 Å². The number of carbonyl (C=O) groups is 2. The highest BCUT2D eigenvalue weighted by atomic mass is 16.5. The third-order valence-corrected chi connectivity index (χ3v) is 3.15. The first-order valence-electron chi connectivity index (χ1n) is 6.70. The van der Waals surface area contributed by atoms with E-state index >= 15 is 0 Å². The molecule has 0 saturated heterocycles. The number of unbranched alkanes of at least 4 members (excludes halogenated alkanes) is 1. The zero-order valence-corrected chi connectivity index (χ0v) is 12.6. The summed E-state index contributed by atoms with van der Waals surface area (Å²) in [5, 5.41) is 8.56. The number of anilines is 1. The van der Waals surface area contributed by atoms with Crippen LogP contribution in [0.25, 0.3) is 0 Å². The Balaban J connectivity index is 2.67. The number of aliphatic carboxylic acids is 1. The van der Waals surface area contributed by atoms with E-state index in [9.17, 15) is 9.59 Å². The summed E-state index contributed by atoms with van der Waals surface area (Å²) < 4.78 is 10.4. The van der Waals surface area contributed by atoms with Crippen molar-refractivity contribution < 1.29 is 24.2 Å². The van der Waals surface area contributed by atoms with Crippen molar-refractivity contribution in [3.63, 3.8) is 0 Å². The second-order valence-corrected chi connectivity index (χ2v) is 4.59. The van der Waals surface area contributed by atoms with Gasteiger partial charge < -0.3 is 19.5 Å². The Morgan fingerprint density at radius 3 is 2.38 bits per heavy atom. The number of ether oxygens (including phenoxy) is 2. The first kappa shape index (κ1) is 16.8. The number of hydrogen-bond acceptors (Lipinski definition) is 4. The molecule has 1 N–H and O–H groups in total. The van der Waals surface area contributed by atoms with Crippen molar-refractivity contribution in [2.45, 2.75) is 25.7 Å². The van der Waals surface area contributed by atoms with Gasteiger partial charge >= 0.3 is 5.97 Å². The number of nitrogens with zero attached hydrogens (tertiary/aromatic N) is 1. The van der Waals surface area contributed by atoms with Gasteiger partial charge in [0.2, 0.25) is 5.91 Å². The minimum absolute atomic E-state index is 0.0798. The number of hydrogen-bond donors (Lipinski definition) is 1. The first-order valence-corrected chi connectivity index (χ1v) is 6.70. The van der Waals surface area contributed by atoms with Gasteiger partial charge in [-0.25, -0.2) is 0 Å². The number of carbonyl (C=O) groups excluding carboxylic acids is 1. The van der Waals surface area contributed by atoms with Gasteiger partial charge in [0.05, 0.1) is 19.9 Å². The maximum Gasteiger partial charge on any atom is 0.303 e. The van der Waals surface area contributed by atoms with Crippen LogP contribution in [0.1, 0.15) is 25.7 Å². The van der Waals surface area contributed by atoms with Crippen molar-refractivity contribution in [1.82, 2.24) is 0 Å². The van der Waals surface area contributed by atoms with E-state index in [1.807, 2.05) is 0 Å². The number of carboxylic acids is 1. The van der Waals surface area contributed by atoms with Gasteiger partial charge in [0.1, 0.15) is 11.5 Å². The SMILES string of the molecule is COc1ccc(N(C)C(=O)CCCCC(=O)O)c(OC)c1. The molecule has 0 fully saturated rings. The molecule has 0 bridgehead atoms. The van der Waals surface area contributed by atoms with Crippen LogP contribution in [0.5, 0.6) is 11.5 Å². The van der Waals surface area contributed by atoms with Crippen molar-refractivity contribution in [2.24, 2.45) is 0 Å². The average Bonchev–Trinajstić information content (AvgIpc) is 2.49. The first-order chi connectivity index (χ1) is 9.99.